The first kappa shape index (κ1) is 12.2. The van der Waals surface area contributed by atoms with Crippen molar-refractivity contribution in [1.29, 1.82) is 0 Å². The van der Waals surface area contributed by atoms with Crippen LogP contribution in [0.1, 0.15) is 24.4 Å². The number of rotatable bonds is 3. The first-order valence-corrected chi connectivity index (χ1v) is 5.68. The summed E-state index contributed by atoms with van der Waals surface area (Å²) in [7, 11) is 0. The lowest BCUT2D eigenvalue weighted by atomic mass is 10.0. The maximum absolute atomic E-state index is 11.7. The molecule has 0 bridgehead atoms. The molecule has 1 aromatic rings. The lowest BCUT2D eigenvalue weighted by Gasteiger charge is -2.26. The summed E-state index contributed by atoms with van der Waals surface area (Å²) in [5, 5.41) is 14.0. The number of para-hydroxylation sites is 1. The number of carbonyl (C=O) groups excluding carboxylic acids is 1. The fourth-order valence-corrected chi connectivity index (χ4v) is 1.94. The van der Waals surface area contributed by atoms with Gasteiger partial charge in [0.1, 0.15) is 11.6 Å². The Kier molecular flexibility index (Phi) is 3.66. The van der Waals surface area contributed by atoms with Crippen LogP contribution in [0, 0.1) is 0 Å². The van der Waals surface area contributed by atoms with Crippen molar-refractivity contribution < 1.29 is 14.7 Å². The lowest BCUT2D eigenvalue weighted by molar-refractivity contribution is -0.120. The number of hydrogen-bond donors (Lipinski definition) is 3. The second-order valence-corrected chi connectivity index (χ2v) is 4.06. The van der Waals surface area contributed by atoms with E-state index in [0.29, 0.717) is 13.0 Å². The van der Waals surface area contributed by atoms with Crippen LogP contribution in [-0.4, -0.2) is 23.6 Å². The Morgan fingerprint density at radius 1 is 1.56 bits per heavy atom. The Morgan fingerprint density at radius 3 is 3.11 bits per heavy atom. The Hall–Kier alpha value is -2.24. The third kappa shape index (κ3) is 2.71. The standard InChI is InChI=1S/C12H15N3O3/c13-11(15-17)7-12(16)14-9-5-6-18-10-4-2-1-3-8(9)10/h1-4,9,17H,5-7H2,(H2,13,15)(H,14,16). The highest BCUT2D eigenvalue weighted by atomic mass is 16.5. The number of nitrogens with one attached hydrogen (secondary N) is 1. The second-order valence-electron chi connectivity index (χ2n) is 4.06. The van der Waals surface area contributed by atoms with Gasteiger partial charge in [-0.05, 0) is 6.07 Å². The molecule has 0 saturated carbocycles. The Bertz CT molecular complexity index is 473. The molecule has 1 amide bonds. The highest BCUT2D eigenvalue weighted by molar-refractivity contribution is 5.98. The molecule has 96 valence electrons. The summed E-state index contributed by atoms with van der Waals surface area (Å²) in [4.78, 5) is 11.7. The van der Waals surface area contributed by atoms with E-state index >= 15 is 0 Å². The largest absolute Gasteiger partial charge is 0.493 e. The van der Waals surface area contributed by atoms with E-state index in [2.05, 4.69) is 10.5 Å². The van der Waals surface area contributed by atoms with E-state index in [-0.39, 0.29) is 24.2 Å². The van der Waals surface area contributed by atoms with Gasteiger partial charge in [-0.3, -0.25) is 4.79 Å². The number of benzene rings is 1. The summed E-state index contributed by atoms with van der Waals surface area (Å²) in [5.41, 5.74) is 6.24. The maximum Gasteiger partial charge on any atom is 0.228 e. The topological polar surface area (TPSA) is 96.9 Å². The van der Waals surface area contributed by atoms with Crippen molar-refractivity contribution in [3.63, 3.8) is 0 Å². The lowest BCUT2D eigenvalue weighted by Crippen LogP contribution is -2.34. The Morgan fingerprint density at radius 2 is 2.33 bits per heavy atom. The van der Waals surface area contributed by atoms with E-state index in [4.69, 9.17) is 15.7 Å². The van der Waals surface area contributed by atoms with E-state index in [1.165, 1.54) is 0 Å². The molecule has 18 heavy (non-hydrogen) atoms. The van der Waals surface area contributed by atoms with Crippen molar-refractivity contribution >= 4 is 11.7 Å². The summed E-state index contributed by atoms with van der Waals surface area (Å²) >= 11 is 0. The fraction of sp³-hybridized carbons (Fsp3) is 0.333. The average molecular weight is 249 g/mol. The van der Waals surface area contributed by atoms with Crippen molar-refractivity contribution in [2.45, 2.75) is 18.9 Å². The molecule has 6 nitrogen and oxygen atoms in total. The molecular formula is C12H15N3O3. The SMILES string of the molecule is NC(CC(=O)NC1CCOc2ccccc21)=NO. The Balaban J connectivity index is 2.05. The molecule has 0 aromatic heterocycles. The van der Waals surface area contributed by atoms with Crippen molar-refractivity contribution in [1.82, 2.24) is 5.32 Å². The predicted molar refractivity (Wildman–Crippen MR) is 65.5 cm³/mol. The predicted octanol–water partition coefficient (Wildman–Crippen LogP) is 0.763. The minimum atomic E-state index is -0.271. The van der Waals surface area contributed by atoms with Gasteiger partial charge in [-0.2, -0.15) is 0 Å². The molecule has 6 heteroatoms. The molecule has 1 heterocycles. The number of amidine groups is 1. The average Bonchev–Trinajstić information content (AvgIpc) is 2.39. The smallest absolute Gasteiger partial charge is 0.228 e. The van der Waals surface area contributed by atoms with Crippen LogP contribution < -0.4 is 15.8 Å². The molecule has 1 atom stereocenters. The van der Waals surface area contributed by atoms with E-state index in [1.54, 1.807) is 0 Å². The van der Waals surface area contributed by atoms with Crippen LogP contribution >= 0.6 is 0 Å². The number of nitrogens with zero attached hydrogens (tertiary/aromatic N) is 1. The molecule has 1 aliphatic rings. The monoisotopic (exact) mass is 249 g/mol. The van der Waals surface area contributed by atoms with Gasteiger partial charge in [-0.15, -0.1) is 0 Å². The number of oxime groups is 1. The number of fused-ring (bicyclic) bond motifs is 1. The maximum atomic E-state index is 11.7. The molecule has 2 rings (SSSR count). The van der Waals surface area contributed by atoms with Crippen LogP contribution in [0.3, 0.4) is 0 Å². The van der Waals surface area contributed by atoms with E-state index in [0.717, 1.165) is 11.3 Å². The molecule has 0 radical (unpaired) electrons. The molecule has 1 aromatic carbocycles. The van der Waals surface area contributed by atoms with Crippen LogP contribution in [0.25, 0.3) is 0 Å². The first-order valence-electron chi connectivity index (χ1n) is 5.68. The van der Waals surface area contributed by atoms with Gasteiger partial charge >= 0.3 is 0 Å². The van der Waals surface area contributed by atoms with Gasteiger partial charge in [-0.25, -0.2) is 0 Å². The van der Waals surface area contributed by atoms with Crippen LogP contribution in [0.15, 0.2) is 29.4 Å². The molecule has 0 fully saturated rings. The highest BCUT2D eigenvalue weighted by Crippen LogP contribution is 2.31. The van der Waals surface area contributed by atoms with Gasteiger partial charge in [0.25, 0.3) is 0 Å². The van der Waals surface area contributed by atoms with Crippen molar-refractivity contribution in [2.75, 3.05) is 6.61 Å². The van der Waals surface area contributed by atoms with Gasteiger partial charge in [0.15, 0.2) is 0 Å². The van der Waals surface area contributed by atoms with Crippen LogP contribution in [0.5, 0.6) is 5.75 Å². The van der Waals surface area contributed by atoms with E-state index < -0.39 is 0 Å². The minimum absolute atomic E-state index is 0.0889. The summed E-state index contributed by atoms with van der Waals surface area (Å²) in [6.07, 6.45) is 0.592. The summed E-state index contributed by atoms with van der Waals surface area (Å²) in [6.45, 7) is 0.561. The van der Waals surface area contributed by atoms with E-state index in [9.17, 15) is 4.79 Å². The third-order valence-corrected chi connectivity index (χ3v) is 2.76. The van der Waals surface area contributed by atoms with Crippen LogP contribution in [0.2, 0.25) is 0 Å². The van der Waals surface area contributed by atoms with Gasteiger partial charge in [0.05, 0.1) is 19.1 Å². The summed E-state index contributed by atoms with van der Waals surface area (Å²) < 4.78 is 5.50. The zero-order valence-corrected chi connectivity index (χ0v) is 9.80. The van der Waals surface area contributed by atoms with Crippen LogP contribution in [0.4, 0.5) is 0 Å². The number of amides is 1. The highest BCUT2D eigenvalue weighted by Gasteiger charge is 2.22. The molecule has 4 N–H and O–H groups in total. The van der Waals surface area contributed by atoms with Crippen molar-refractivity contribution in [3.8, 4) is 5.75 Å². The van der Waals surface area contributed by atoms with Gasteiger partial charge in [0.2, 0.25) is 5.91 Å². The van der Waals surface area contributed by atoms with Crippen LogP contribution in [-0.2, 0) is 4.79 Å². The summed E-state index contributed by atoms with van der Waals surface area (Å²) in [6, 6.07) is 7.49. The van der Waals surface area contributed by atoms with Gasteiger partial charge in [-0.1, -0.05) is 23.4 Å². The molecule has 1 aliphatic heterocycles. The normalized spacial score (nSPS) is 18.7. The number of nitrogens with two attached hydrogens (primary N) is 1. The number of carbonyl (C=O) groups is 1. The fourth-order valence-electron chi connectivity index (χ4n) is 1.94. The zero-order valence-electron chi connectivity index (χ0n) is 9.80. The van der Waals surface area contributed by atoms with E-state index in [1.807, 2.05) is 24.3 Å². The van der Waals surface area contributed by atoms with Crippen molar-refractivity contribution in [3.05, 3.63) is 29.8 Å². The molecule has 1 unspecified atom stereocenters. The molecular weight excluding hydrogens is 234 g/mol. The molecule has 0 saturated heterocycles. The molecule has 0 spiro atoms. The number of hydrogen-bond acceptors (Lipinski definition) is 4. The third-order valence-electron chi connectivity index (χ3n) is 2.76. The Labute approximate surface area is 104 Å². The van der Waals surface area contributed by atoms with Crippen molar-refractivity contribution in [2.24, 2.45) is 10.9 Å². The minimum Gasteiger partial charge on any atom is -0.493 e. The van der Waals surface area contributed by atoms with Gasteiger partial charge < -0.3 is 21.0 Å². The first-order chi connectivity index (χ1) is 8.70. The molecule has 0 aliphatic carbocycles. The second kappa shape index (κ2) is 5.39. The quantitative estimate of drug-likeness (QED) is 0.319. The zero-order chi connectivity index (χ0) is 13.0. The summed E-state index contributed by atoms with van der Waals surface area (Å²) in [5.74, 6) is 0.415. The number of ether oxygens (including phenoxy) is 1. The van der Waals surface area contributed by atoms with Gasteiger partial charge in [0, 0.05) is 12.0 Å².